The first-order valence-corrected chi connectivity index (χ1v) is 11.3. The zero-order valence-electron chi connectivity index (χ0n) is 16.6. The minimum Gasteiger partial charge on any atom is -0.497 e. The van der Waals surface area contributed by atoms with Crippen LogP contribution in [0.2, 0.25) is 5.02 Å². The molecule has 0 saturated carbocycles. The first-order valence-electron chi connectivity index (χ1n) is 9.41. The van der Waals surface area contributed by atoms with Crippen LogP contribution in [0.3, 0.4) is 0 Å². The number of aromatic nitrogens is 1. The van der Waals surface area contributed by atoms with Gasteiger partial charge in [-0.25, -0.2) is 8.42 Å². The fourth-order valence-corrected chi connectivity index (χ4v) is 4.49. The minimum absolute atomic E-state index is 0.0505. The van der Waals surface area contributed by atoms with E-state index in [4.69, 9.17) is 20.8 Å². The highest BCUT2D eigenvalue weighted by atomic mass is 35.5. The van der Waals surface area contributed by atoms with Gasteiger partial charge in [0, 0.05) is 6.54 Å². The standard InChI is InChI=1S/C23H19ClN2O4S/c1-29-17-11-13-18(14-12-17)31(27,28)23-22(25-15-16-7-3-2-4-8-16)30-21(26-23)19-9-5-6-10-20(19)24/h2-14,25H,15H2,1H3. The number of nitrogens with zero attached hydrogens (tertiary/aromatic N) is 1. The lowest BCUT2D eigenvalue weighted by atomic mass is 10.2. The van der Waals surface area contributed by atoms with Crippen LogP contribution >= 0.6 is 11.6 Å². The van der Waals surface area contributed by atoms with Crippen molar-refractivity contribution in [1.29, 1.82) is 0 Å². The van der Waals surface area contributed by atoms with E-state index in [1.807, 2.05) is 30.3 Å². The van der Waals surface area contributed by atoms with E-state index in [-0.39, 0.29) is 21.7 Å². The second-order valence-electron chi connectivity index (χ2n) is 6.65. The molecule has 0 saturated heterocycles. The Labute approximate surface area is 185 Å². The van der Waals surface area contributed by atoms with Crippen LogP contribution in [0.1, 0.15) is 5.56 Å². The number of anilines is 1. The molecule has 0 aliphatic carbocycles. The Bertz CT molecular complexity index is 1290. The van der Waals surface area contributed by atoms with Gasteiger partial charge in [0.05, 0.1) is 22.6 Å². The van der Waals surface area contributed by atoms with Crippen molar-refractivity contribution < 1.29 is 17.6 Å². The average molecular weight is 455 g/mol. The van der Waals surface area contributed by atoms with Crippen molar-refractivity contribution in [3.05, 3.63) is 89.4 Å². The smallest absolute Gasteiger partial charge is 0.234 e. The molecule has 0 aliphatic rings. The Balaban J connectivity index is 1.77. The largest absolute Gasteiger partial charge is 0.497 e. The third-order valence-electron chi connectivity index (χ3n) is 4.62. The Morgan fingerprint density at radius 1 is 0.968 bits per heavy atom. The number of halogens is 1. The summed E-state index contributed by atoms with van der Waals surface area (Å²) in [5.41, 5.74) is 1.47. The average Bonchev–Trinajstić information content (AvgIpc) is 3.23. The highest BCUT2D eigenvalue weighted by molar-refractivity contribution is 7.91. The summed E-state index contributed by atoms with van der Waals surface area (Å²) in [6.07, 6.45) is 0. The van der Waals surface area contributed by atoms with Crippen molar-refractivity contribution >= 4 is 27.3 Å². The molecule has 6 nitrogen and oxygen atoms in total. The highest BCUT2D eigenvalue weighted by Crippen LogP contribution is 2.35. The van der Waals surface area contributed by atoms with Gasteiger partial charge < -0.3 is 14.5 Å². The number of ether oxygens (including phenoxy) is 1. The lowest BCUT2D eigenvalue weighted by Crippen LogP contribution is -2.07. The molecule has 0 aliphatic heterocycles. The molecule has 8 heteroatoms. The van der Waals surface area contributed by atoms with E-state index in [0.717, 1.165) is 5.56 Å². The van der Waals surface area contributed by atoms with Crippen LogP contribution in [0.5, 0.6) is 5.75 Å². The molecule has 0 radical (unpaired) electrons. The van der Waals surface area contributed by atoms with Gasteiger partial charge in [-0.1, -0.05) is 54.1 Å². The van der Waals surface area contributed by atoms with Crippen molar-refractivity contribution in [2.24, 2.45) is 0 Å². The maximum atomic E-state index is 13.4. The van der Waals surface area contributed by atoms with E-state index in [9.17, 15) is 8.42 Å². The lowest BCUT2D eigenvalue weighted by Gasteiger charge is -2.07. The monoisotopic (exact) mass is 454 g/mol. The fraction of sp³-hybridized carbons (Fsp3) is 0.0870. The molecule has 3 aromatic carbocycles. The summed E-state index contributed by atoms with van der Waals surface area (Å²) < 4.78 is 37.7. The summed E-state index contributed by atoms with van der Waals surface area (Å²) in [5, 5.41) is 3.27. The van der Waals surface area contributed by atoms with E-state index in [1.165, 1.54) is 19.2 Å². The van der Waals surface area contributed by atoms with Crippen molar-refractivity contribution in [3.63, 3.8) is 0 Å². The second kappa shape index (κ2) is 8.83. The molecular formula is C23H19ClN2O4S. The summed E-state index contributed by atoms with van der Waals surface area (Å²) in [4.78, 5) is 4.39. The van der Waals surface area contributed by atoms with Gasteiger partial charge in [0.25, 0.3) is 0 Å². The molecule has 0 bridgehead atoms. The summed E-state index contributed by atoms with van der Waals surface area (Å²) in [6.45, 7) is 0.364. The van der Waals surface area contributed by atoms with Crippen molar-refractivity contribution in [2.45, 2.75) is 16.5 Å². The first kappa shape index (κ1) is 21.0. The highest BCUT2D eigenvalue weighted by Gasteiger charge is 2.29. The van der Waals surface area contributed by atoms with Crippen LogP contribution in [-0.2, 0) is 16.4 Å². The number of rotatable bonds is 7. The second-order valence-corrected chi connectivity index (χ2v) is 8.92. The van der Waals surface area contributed by atoms with Gasteiger partial charge in [-0.3, -0.25) is 0 Å². The Hall–Kier alpha value is -3.29. The molecule has 158 valence electrons. The van der Waals surface area contributed by atoms with Crippen LogP contribution in [0, 0.1) is 0 Å². The zero-order chi connectivity index (χ0) is 21.8. The zero-order valence-corrected chi connectivity index (χ0v) is 18.2. The van der Waals surface area contributed by atoms with Crippen molar-refractivity contribution in [1.82, 2.24) is 4.98 Å². The third-order valence-corrected chi connectivity index (χ3v) is 6.63. The molecule has 0 unspecified atom stereocenters. The quantitative estimate of drug-likeness (QED) is 0.400. The molecule has 1 N–H and O–H groups in total. The minimum atomic E-state index is -3.97. The summed E-state index contributed by atoms with van der Waals surface area (Å²) >= 11 is 6.27. The summed E-state index contributed by atoms with van der Waals surface area (Å²) in [7, 11) is -2.45. The predicted molar refractivity (Wildman–Crippen MR) is 119 cm³/mol. The van der Waals surface area contributed by atoms with Gasteiger partial charge in [0.2, 0.25) is 26.6 Å². The Morgan fingerprint density at radius 2 is 1.65 bits per heavy atom. The molecule has 0 spiro atoms. The number of hydrogen-bond donors (Lipinski definition) is 1. The number of sulfone groups is 1. The van der Waals surface area contributed by atoms with Crippen molar-refractivity contribution in [2.75, 3.05) is 12.4 Å². The number of hydrogen-bond acceptors (Lipinski definition) is 6. The van der Waals surface area contributed by atoms with Gasteiger partial charge >= 0.3 is 0 Å². The molecule has 0 atom stereocenters. The fourth-order valence-electron chi connectivity index (χ4n) is 2.99. The van der Waals surface area contributed by atoms with Crippen LogP contribution in [0.25, 0.3) is 11.5 Å². The van der Waals surface area contributed by atoms with Gasteiger partial charge in [-0.2, -0.15) is 4.98 Å². The number of benzene rings is 3. The number of methoxy groups -OCH3 is 1. The van der Waals surface area contributed by atoms with E-state index in [1.54, 1.807) is 36.4 Å². The number of nitrogens with one attached hydrogen (secondary N) is 1. The molecule has 1 aromatic heterocycles. The first-order chi connectivity index (χ1) is 15.0. The summed E-state index contributed by atoms with van der Waals surface area (Å²) in [5.74, 6) is 0.723. The number of oxazole rings is 1. The van der Waals surface area contributed by atoms with Gasteiger partial charge in [-0.05, 0) is 42.0 Å². The van der Waals surface area contributed by atoms with Gasteiger partial charge in [0.15, 0.2) is 0 Å². The summed E-state index contributed by atoms with van der Waals surface area (Å²) in [6, 6.07) is 22.6. The molecule has 1 heterocycles. The molecule has 0 fully saturated rings. The Morgan fingerprint density at radius 3 is 2.32 bits per heavy atom. The molecule has 4 aromatic rings. The van der Waals surface area contributed by atoms with Gasteiger partial charge in [-0.15, -0.1) is 0 Å². The van der Waals surface area contributed by atoms with Crippen molar-refractivity contribution in [3.8, 4) is 17.2 Å². The molecule has 0 amide bonds. The van der Waals surface area contributed by atoms with Crippen LogP contribution in [0.15, 0.2) is 93.2 Å². The van der Waals surface area contributed by atoms with Crippen LogP contribution < -0.4 is 10.1 Å². The van der Waals surface area contributed by atoms with E-state index in [0.29, 0.717) is 22.9 Å². The van der Waals surface area contributed by atoms with Crippen LogP contribution in [0.4, 0.5) is 5.88 Å². The molecule has 4 rings (SSSR count). The molecule has 31 heavy (non-hydrogen) atoms. The normalized spacial score (nSPS) is 11.3. The topological polar surface area (TPSA) is 81.4 Å². The lowest BCUT2D eigenvalue weighted by molar-refractivity contribution is 0.414. The Kier molecular flexibility index (Phi) is 5.97. The molecular weight excluding hydrogens is 436 g/mol. The third kappa shape index (κ3) is 4.42. The van der Waals surface area contributed by atoms with Crippen LogP contribution in [-0.4, -0.2) is 20.5 Å². The van der Waals surface area contributed by atoms with E-state index < -0.39 is 9.84 Å². The maximum Gasteiger partial charge on any atom is 0.234 e. The predicted octanol–water partition coefficient (Wildman–Crippen LogP) is 5.45. The van der Waals surface area contributed by atoms with E-state index >= 15 is 0 Å². The van der Waals surface area contributed by atoms with E-state index in [2.05, 4.69) is 10.3 Å². The van der Waals surface area contributed by atoms with Gasteiger partial charge in [0.1, 0.15) is 5.75 Å². The SMILES string of the molecule is COc1ccc(S(=O)(=O)c2nc(-c3ccccc3Cl)oc2NCc2ccccc2)cc1. The maximum absolute atomic E-state index is 13.4.